The van der Waals surface area contributed by atoms with Crippen molar-refractivity contribution in [2.24, 2.45) is 5.73 Å². The molecule has 3 N–H and O–H groups in total. The lowest BCUT2D eigenvalue weighted by Crippen LogP contribution is -2.39. The van der Waals surface area contributed by atoms with E-state index < -0.39 is 21.5 Å². The van der Waals surface area contributed by atoms with Gasteiger partial charge in [0.05, 0.1) is 11.3 Å². The number of amides is 1. The fourth-order valence-corrected chi connectivity index (χ4v) is 4.66. The van der Waals surface area contributed by atoms with Gasteiger partial charge in [-0.3, -0.25) is 4.79 Å². The van der Waals surface area contributed by atoms with Crippen molar-refractivity contribution in [3.05, 3.63) is 58.6 Å². The molecule has 3 rings (SSSR count). The van der Waals surface area contributed by atoms with E-state index in [4.69, 9.17) is 22.1 Å². The Morgan fingerprint density at radius 1 is 1.25 bits per heavy atom. The van der Waals surface area contributed by atoms with Gasteiger partial charge in [-0.1, -0.05) is 23.7 Å². The topological polar surface area (TPSA) is 98.5 Å². The summed E-state index contributed by atoms with van der Waals surface area (Å²) in [6, 6.07) is 11.6. The first-order chi connectivity index (χ1) is 13.1. The summed E-state index contributed by atoms with van der Waals surface area (Å²) in [6.45, 7) is 4.15. The highest BCUT2D eigenvalue weighted by molar-refractivity contribution is 7.89. The third-order valence-corrected chi connectivity index (χ3v) is 6.36. The van der Waals surface area contributed by atoms with Crippen molar-refractivity contribution in [1.82, 2.24) is 4.72 Å². The van der Waals surface area contributed by atoms with Crippen LogP contribution in [0.4, 0.5) is 0 Å². The van der Waals surface area contributed by atoms with E-state index in [2.05, 4.69) is 4.72 Å². The van der Waals surface area contributed by atoms with Gasteiger partial charge in [0.1, 0.15) is 11.4 Å². The normalized spacial score (nSPS) is 18.2. The van der Waals surface area contributed by atoms with Crippen LogP contribution in [0.3, 0.4) is 0 Å². The fraction of sp³-hybridized carbons (Fsp3) is 0.350. The molecule has 0 aliphatic carbocycles. The maximum absolute atomic E-state index is 12.6. The zero-order valence-electron chi connectivity index (χ0n) is 15.7. The van der Waals surface area contributed by atoms with Crippen LogP contribution in [0.5, 0.6) is 5.75 Å². The van der Waals surface area contributed by atoms with E-state index in [1.54, 1.807) is 12.1 Å². The Morgan fingerprint density at radius 3 is 2.57 bits per heavy atom. The molecule has 8 heteroatoms. The van der Waals surface area contributed by atoms with Crippen molar-refractivity contribution in [3.8, 4) is 5.75 Å². The summed E-state index contributed by atoms with van der Waals surface area (Å²) in [6.07, 6.45) is 0.781. The quantitative estimate of drug-likeness (QED) is 0.747. The standard InChI is InChI=1S/C20H23ClN2O4S/c1-20(2)11-14(12-23-28(25,26)16-6-4-15(21)5-7-16)17-8-3-13(10-19(22)24)9-18(17)27-20/h3-9,14,23H,10-12H2,1-2H3,(H2,22,24). The van der Waals surface area contributed by atoms with Gasteiger partial charge in [0.2, 0.25) is 15.9 Å². The highest BCUT2D eigenvalue weighted by Crippen LogP contribution is 2.41. The summed E-state index contributed by atoms with van der Waals surface area (Å²) in [5.41, 5.74) is 6.49. The molecule has 2 aromatic carbocycles. The van der Waals surface area contributed by atoms with Gasteiger partial charge in [-0.2, -0.15) is 0 Å². The van der Waals surface area contributed by atoms with E-state index in [0.29, 0.717) is 17.2 Å². The van der Waals surface area contributed by atoms with Crippen LogP contribution in [0.15, 0.2) is 47.4 Å². The second-order valence-electron chi connectivity index (χ2n) is 7.58. The van der Waals surface area contributed by atoms with Gasteiger partial charge in [-0.15, -0.1) is 0 Å². The monoisotopic (exact) mass is 422 g/mol. The van der Waals surface area contributed by atoms with Crippen LogP contribution in [-0.2, 0) is 21.2 Å². The average Bonchev–Trinajstić information content (AvgIpc) is 2.58. The smallest absolute Gasteiger partial charge is 0.240 e. The molecule has 6 nitrogen and oxygen atoms in total. The molecule has 1 atom stereocenters. The molecule has 0 fully saturated rings. The molecule has 2 aromatic rings. The summed E-state index contributed by atoms with van der Waals surface area (Å²) in [7, 11) is -3.65. The van der Waals surface area contributed by atoms with E-state index in [1.807, 2.05) is 32.0 Å². The van der Waals surface area contributed by atoms with E-state index in [0.717, 1.165) is 11.1 Å². The van der Waals surface area contributed by atoms with Crippen LogP contribution < -0.4 is 15.2 Å². The van der Waals surface area contributed by atoms with Crippen LogP contribution in [0.2, 0.25) is 5.02 Å². The van der Waals surface area contributed by atoms with E-state index in [-0.39, 0.29) is 23.8 Å². The minimum Gasteiger partial charge on any atom is -0.488 e. The Bertz CT molecular complexity index is 988. The number of fused-ring (bicyclic) bond motifs is 1. The van der Waals surface area contributed by atoms with Gasteiger partial charge in [0.15, 0.2) is 0 Å². The van der Waals surface area contributed by atoms with Gasteiger partial charge in [0, 0.05) is 17.5 Å². The third kappa shape index (κ3) is 4.84. The number of benzene rings is 2. The maximum Gasteiger partial charge on any atom is 0.240 e. The second-order valence-corrected chi connectivity index (χ2v) is 9.79. The predicted molar refractivity (Wildman–Crippen MR) is 108 cm³/mol. The molecule has 0 radical (unpaired) electrons. The summed E-state index contributed by atoms with van der Waals surface area (Å²) >= 11 is 5.83. The molecule has 1 aliphatic rings. The molecule has 0 aromatic heterocycles. The number of ether oxygens (including phenoxy) is 1. The summed E-state index contributed by atoms with van der Waals surface area (Å²) < 4.78 is 33.9. The van der Waals surface area contributed by atoms with Crippen LogP contribution in [0, 0.1) is 0 Å². The molecule has 1 unspecified atom stereocenters. The van der Waals surface area contributed by atoms with Crippen molar-refractivity contribution >= 4 is 27.5 Å². The van der Waals surface area contributed by atoms with Crippen molar-refractivity contribution in [1.29, 1.82) is 0 Å². The lowest BCUT2D eigenvalue weighted by Gasteiger charge is -2.38. The third-order valence-electron chi connectivity index (χ3n) is 4.66. The Morgan fingerprint density at radius 2 is 1.93 bits per heavy atom. The SMILES string of the molecule is CC1(C)CC(CNS(=O)(=O)c2ccc(Cl)cc2)c2ccc(CC(N)=O)cc2O1. The number of hydrogen-bond acceptors (Lipinski definition) is 4. The van der Waals surface area contributed by atoms with Crippen molar-refractivity contribution in [2.45, 2.75) is 43.1 Å². The fourth-order valence-electron chi connectivity index (χ4n) is 3.45. The Labute approximate surface area is 170 Å². The number of halogens is 1. The Balaban J connectivity index is 1.82. The minimum absolute atomic E-state index is 0.0662. The van der Waals surface area contributed by atoms with Crippen LogP contribution in [0.25, 0.3) is 0 Å². The van der Waals surface area contributed by atoms with Crippen molar-refractivity contribution in [3.63, 3.8) is 0 Å². The molecule has 28 heavy (non-hydrogen) atoms. The molecule has 0 bridgehead atoms. The first-order valence-corrected chi connectivity index (χ1v) is 10.8. The molecule has 0 saturated heterocycles. The van der Waals surface area contributed by atoms with Gasteiger partial charge in [-0.05, 0) is 61.7 Å². The molecule has 1 amide bonds. The molecular weight excluding hydrogens is 400 g/mol. The molecule has 150 valence electrons. The largest absolute Gasteiger partial charge is 0.488 e. The number of carbonyl (C=O) groups is 1. The summed E-state index contributed by atoms with van der Waals surface area (Å²) in [5.74, 6) is 0.177. The highest BCUT2D eigenvalue weighted by atomic mass is 35.5. The van der Waals surface area contributed by atoms with Crippen LogP contribution >= 0.6 is 11.6 Å². The summed E-state index contributed by atoms with van der Waals surface area (Å²) in [4.78, 5) is 11.4. The van der Waals surface area contributed by atoms with E-state index in [9.17, 15) is 13.2 Å². The van der Waals surface area contributed by atoms with Crippen molar-refractivity contribution < 1.29 is 17.9 Å². The summed E-state index contributed by atoms with van der Waals surface area (Å²) in [5, 5.41) is 0.478. The lowest BCUT2D eigenvalue weighted by atomic mass is 9.84. The van der Waals surface area contributed by atoms with Crippen molar-refractivity contribution in [2.75, 3.05) is 6.54 Å². The van der Waals surface area contributed by atoms with Gasteiger partial charge in [-0.25, -0.2) is 13.1 Å². The maximum atomic E-state index is 12.6. The first kappa shape index (κ1) is 20.6. The molecule has 1 aliphatic heterocycles. The molecular formula is C20H23ClN2O4S. The number of nitrogens with one attached hydrogen (secondary N) is 1. The Kier molecular flexibility index (Phi) is 5.70. The zero-order chi connectivity index (χ0) is 20.5. The number of sulfonamides is 1. The zero-order valence-corrected chi connectivity index (χ0v) is 17.3. The number of primary amides is 1. The highest BCUT2D eigenvalue weighted by Gasteiger charge is 2.34. The number of hydrogen-bond donors (Lipinski definition) is 2. The van der Waals surface area contributed by atoms with Gasteiger partial charge < -0.3 is 10.5 Å². The number of rotatable bonds is 6. The van der Waals surface area contributed by atoms with Gasteiger partial charge in [0.25, 0.3) is 0 Å². The van der Waals surface area contributed by atoms with Crippen LogP contribution in [0.1, 0.15) is 37.3 Å². The minimum atomic E-state index is -3.65. The molecule has 0 spiro atoms. The number of nitrogens with two attached hydrogens (primary N) is 1. The molecule has 0 saturated carbocycles. The Hall–Kier alpha value is -2.09. The predicted octanol–water partition coefficient (Wildman–Crippen LogP) is 2.99. The second kappa shape index (κ2) is 7.73. The first-order valence-electron chi connectivity index (χ1n) is 8.91. The average molecular weight is 423 g/mol. The van der Waals surface area contributed by atoms with E-state index in [1.165, 1.54) is 12.1 Å². The lowest BCUT2D eigenvalue weighted by molar-refractivity contribution is -0.117. The number of carbonyl (C=O) groups excluding carboxylic acids is 1. The van der Waals surface area contributed by atoms with Gasteiger partial charge >= 0.3 is 0 Å². The van der Waals surface area contributed by atoms with E-state index >= 15 is 0 Å². The molecule has 1 heterocycles. The van der Waals surface area contributed by atoms with Crippen LogP contribution in [-0.4, -0.2) is 26.5 Å².